The van der Waals surface area contributed by atoms with Gasteiger partial charge in [-0.15, -0.1) is 0 Å². The Bertz CT molecular complexity index is 798. The number of hydrogen-bond donors (Lipinski definition) is 1. The fourth-order valence-corrected chi connectivity index (χ4v) is 2.75. The molecule has 1 heterocycles. The number of amides is 1. The maximum atomic E-state index is 12.1. The second-order valence-corrected chi connectivity index (χ2v) is 6.41. The molecule has 0 bridgehead atoms. The molecular formula is C17H14Cl3NO4. The van der Waals surface area contributed by atoms with Gasteiger partial charge in [-0.05, 0) is 12.1 Å². The second kappa shape index (κ2) is 8.04. The Hall–Kier alpha value is -1.82. The minimum absolute atomic E-state index is 0.245. The molecule has 3 rings (SSSR count). The zero-order valence-corrected chi connectivity index (χ0v) is 15.2. The van der Waals surface area contributed by atoms with Crippen LogP contribution in [0.15, 0.2) is 30.3 Å². The van der Waals surface area contributed by atoms with E-state index in [1.165, 1.54) is 0 Å². The van der Waals surface area contributed by atoms with Crippen LogP contribution in [-0.4, -0.2) is 25.7 Å². The van der Waals surface area contributed by atoms with E-state index in [9.17, 15) is 4.79 Å². The largest absolute Gasteiger partial charge is 0.490 e. The molecule has 0 aliphatic carbocycles. The molecule has 8 heteroatoms. The predicted octanol–water partition coefficient (Wildman–Crippen LogP) is 4.83. The number of carbonyl (C=O) groups excluding carboxylic acids is 1. The van der Waals surface area contributed by atoms with Gasteiger partial charge >= 0.3 is 0 Å². The number of carbonyl (C=O) groups is 1. The van der Waals surface area contributed by atoms with Crippen LogP contribution in [-0.2, 0) is 4.79 Å². The van der Waals surface area contributed by atoms with Crippen molar-refractivity contribution in [2.45, 2.75) is 6.42 Å². The number of rotatable bonds is 4. The summed E-state index contributed by atoms with van der Waals surface area (Å²) < 4.78 is 16.5. The van der Waals surface area contributed by atoms with Crippen molar-refractivity contribution in [3.8, 4) is 17.2 Å². The molecule has 132 valence electrons. The minimum Gasteiger partial charge on any atom is -0.490 e. The van der Waals surface area contributed by atoms with Crippen LogP contribution < -0.4 is 19.5 Å². The summed E-state index contributed by atoms with van der Waals surface area (Å²) in [7, 11) is 0. The third kappa shape index (κ3) is 4.42. The summed E-state index contributed by atoms with van der Waals surface area (Å²) in [6, 6.07) is 8.19. The highest BCUT2D eigenvalue weighted by molar-refractivity contribution is 6.42. The first-order chi connectivity index (χ1) is 12.0. The number of benzene rings is 2. The fraction of sp³-hybridized carbons (Fsp3) is 0.235. The molecule has 0 spiro atoms. The van der Waals surface area contributed by atoms with Crippen LogP contribution in [0.5, 0.6) is 17.2 Å². The highest BCUT2D eigenvalue weighted by Gasteiger charge is 2.16. The fourth-order valence-electron chi connectivity index (χ4n) is 2.20. The van der Waals surface area contributed by atoms with Crippen LogP contribution in [0, 0.1) is 0 Å². The summed E-state index contributed by atoms with van der Waals surface area (Å²) in [5, 5.41) is 3.63. The van der Waals surface area contributed by atoms with Crippen molar-refractivity contribution < 1.29 is 19.0 Å². The highest BCUT2D eigenvalue weighted by atomic mass is 35.5. The third-order valence-corrected chi connectivity index (χ3v) is 4.50. The van der Waals surface area contributed by atoms with Crippen molar-refractivity contribution in [1.29, 1.82) is 0 Å². The van der Waals surface area contributed by atoms with Crippen LogP contribution >= 0.6 is 34.8 Å². The number of nitrogens with one attached hydrogen (secondary N) is 1. The lowest BCUT2D eigenvalue weighted by Crippen LogP contribution is -2.20. The van der Waals surface area contributed by atoms with E-state index < -0.39 is 5.91 Å². The molecule has 1 aliphatic rings. The van der Waals surface area contributed by atoms with Gasteiger partial charge in [0.25, 0.3) is 5.91 Å². The van der Waals surface area contributed by atoms with Gasteiger partial charge in [0, 0.05) is 18.6 Å². The summed E-state index contributed by atoms with van der Waals surface area (Å²) in [5.41, 5.74) is 0.414. The average Bonchev–Trinajstić information content (AvgIpc) is 2.81. The van der Waals surface area contributed by atoms with Crippen molar-refractivity contribution in [3.05, 3.63) is 45.4 Å². The SMILES string of the molecule is O=C(COc1cccc(Cl)c1Cl)Nc1cc2c(cc1Cl)OCCCO2. The third-order valence-electron chi connectivity index (χ3n) is 3.39. The molecule has 0 unspecified atom stereocenters. The standard InChI is InChI=1S/C17H14Cl3NO4/c18-10-3-1-4-13(17(10)20)25-9-16(22)21-12-8-15-14(7-11(12)19)23-5-2-6-24-15/h1,3-4,7-8H,2,5-6,9H2,(H,21,22). The number of fused-ring (bicyclic) bond motifs is 1. The Morgan fingerprint density at radius 1 is 1.08 bits per heavy atom. The van der Waals surface area contributed by atoms with Crippen LogP contribution in [0.4, 0.5) is 5.69 Å². The lowest BCUT2D eigenvalue weighted by molar-refractivity contribution is -0.118. The van der Waals surface area contributed by atoms with Gasteiger partial charge in [-0.3, -0.25) is 4.79 Å². The topological polar surface area (TPSA) is 56.8 Å². The molecule has 5 nitrogen and oxygen atoms in total. The quantitative estimate of drug-likeness (QED) is 0.796. The van der Waals surface area contributed by atoms with Gasteiger partial charge in [0.2, 0.25) is 0 Å². The Balaban J connectivity index is 1.66. The van der Waals surface area contributed by atoms with Gasteiger partial charge in [0.05, 0.1) is 28.9 Å². The van der Waals surface area contributed by atoms with Crippen molar-refractivity contribution in [1.82, 2.24) is 0 Å². The first kappa shape index (κ1) is 18.0. The molecule has 2 aromatic rings. The normalized spacial score (nSPS) is 13.1. The summed E-state index contributed by atoms with van der Waals surface area (Å²) in [4.78, 5) is 12.1. The van der Waals surface area contributed by atoms with Crippen LogP contribution in [0.2, 0.25) is 15.1 Å². The van der Waals surface area contributed by atoms with Gasteiger partial charge in [-0.25, -0.2) is 0 Å². The maximum absolute atomic E-state index is 12.1. The number of anilines is 1. The van der Waals surface area contributed by atoms with Crippen molar-refractivity contribution in [3.63, 3.8) is 0 Å². The number of halogens is 3. The van der Waals surface area contributed by atoms with Gasteiger partial charge in [-0.2, -0.15) is 0 Å². The van der Waals surface area contributed by atoms with Crippen molar-refractivity contribution in [2.75, 3.05) is 25.1 Å². The van der Waals surface area contributed by atoms with Crippen LogP contribution in [0.3, 0.4) is 0 Å². The maximum Gasteiger partial charge on any atom is 0.262 e. The van der Waals surface area contributed by atoms with E-state index in [1.54, 1.807) is 30.3 Å². The van der Waals surface area contributed by atoms with Gasteiger partial charge in [0.1, 0.15) is 10.8 Å². The lowest BCUT2D eigenvalue weighted by Gasteiger charge is -2.13. The van der Waals surface area contributed by atoms with Crippen LogP contribution in [0.1, 0.15) is 6.42 Å². The van der Waals surface area contributed by atoms with Gasteiger partial charge in [-0.1, -0.05) is 40.9 Å². The molecule has 2 aromatic carbocycles. The van der Waals surface area contributed by atoms with E-state index in [1.807, 2.05) is 0 Å². The monoisotopic (exact) mass is 401 g/mol. The first-order valence-electron chi connectivity index (χ1n) is 7.50. The van der Waals surface area contributed by atoms with E-state index >= 15 is 0 Å². The molecule has 0 fully saturated rings. The first-order valence-corrected chi connectivity index (χ1v) is 8.64. The minimum atomic E-state index is -0.396. The van der Waals surface area contributed by atoms with E-state index in [4.69, 9.17) is 49.0 Å². The Kier molecular flexibility index (Phi) is 5.78. The summed E-state index contributed by atoms with van der Waals surface area (Å²) >= 11 is 18.1. The Morgan fingerprint density at radius 3 is 2.56 bits per heavy atom. The summed E-state index contributed by atoms with van der Waals surface area (Å²) in [6.45, 7) is 0.854. The van der Waals surface area contributed by atoms with E-state index in [2.05, 4.69) is 5.32 Å². The molecule has 1 aliphatic heterocycles. The van der Waals surface area contributed by atoms with Gasteiger partial charge < -0.3 is 19.5 Å². The summed E-state index contributed by atoms with van der Waals surface area (Å²) in [5.74, 6) is 1.03. The van der Waals surface area contributed by atoms with E-state index in [0.29, 0.717) is 46.2 Å². The number of hydrogen-bond acceptors (Lipinski definition) is 4. The molecule has 0 atom stereocenters. The number of ether oxygens (including phenoxy) is 3. The van der Waals surface area contributed by atoms with Crippen LogP contribution in [0.25, 0.3) is 0 Å². The van der Waals surface area contributed by atoms with Crippen molar-refractivity contribution >= 4 is 46.4 Å². The van der Waals surface area contributed by atoms with E-state index in [-0.39, 0.29) is 11.6 Å². The Morgan fingerprint density at radius 2 is 1.80 bits per heavy atom. The molecule has 0 saturated heterocycles. The molecule has 0 aromatic heterocycles. The van der Waals surface area contributed by atoms with Gasteiger partial charge in [0.15, 0.2) is 18.1 Å². The smallest absolute Gasteiger partial charge is 0.262 e. The second-order valence-electron chi connectivity index (χ2n) is 5.22. The molecule has 0 saturated carbocycles. The lowest BCUT2D eigenvalue weighted by atomic mass is 10.2. The Labute approximate surface area is 159 Å². The molecule has 0 radical (unpaired) electrons. The van der Waals surface area contributed by atoms with E-state index in [0.717, 1.165) is 6.42 Å². The molecular weight excluding hydrogens is 389 g/mol. The highest BCUT2D eigenvalue weighted by Crippen LogP contribution is 2.37. The average molecular weight is 403 g/mol. The molecule has 1 N–H and O–H groups in total. The molecule has 1 amide bonds. The molecule has 25 heavy (non-hydrogen) atoms. The zero-order valence-electron chi connectivity index (χ0n) is 13.0. The van der Waals surface area contributed by atoms with Crippen molar-refractivity contribution in [2.24, 2.45) is 0 Å². The zero-order chi connectivity index (χ0) is 17.8. The summed E-state index contributed by atoms with van der Waals surface area (Å²) in [6.07, 6.45) is 0.780. The predicted molar refractivity (Wildman–Crippen MR) is 97.6 cm³/mol.